The first-order chi connectivity index (χ1) is 13.1. The second kappa shape index (κ2) is 12.9. The Balaban J connectivity index is 0.00000392. The molecule has 1 aliphatic rings. The van der Waals surface area contributed by atoms with Gasteiger partial charge in [0.25, 0.3) is 0 Å². The number of hydrogen-bond acceptors (Lipinski definition) is 6. The first-order valence-corrected chi connectivity index (χ1v) is 9.60. The van der Waals surface area contributed by atoms with E-state index in [0.717, 1.165) is 50.0 Å². The second-order valence-electron chi connectivity index (χ2n) is 6.67. The topological polar surface area (TPSA) is 93.9 Å². The number of nitrogens with zero attached hydrogens (tertiary/aromatic N) is 5. The first kappa shape index (κ1) is 24.6. The summed E-state index contributed by atoms with van der Waals surface area (Å²) in [6, 6.07) is 0. The van der Waals surface area contributed by atoms with E-state index in [1.807, 2.05) is 25.5 Å². The lowest BCUT2D eigenvalue weighted by atomic mass is 9.98. The maximum Gasteiger partial charge on any atom is 0.310 e. The number of piperidine rings is 1. The highest BCUT2D eigenvalue weighted by Gasteiger charge is 2.28. The van der Waals surface area contributed by atoms with Gasteiger partial charge in [0.05, 0.1) is 12.5 Å². The molecule has 9 nitrogen and oxygen atoms in total. The van der Waals surface area contributed by atoms with E-state index in [2.05, 4.69) is 20.4 Å². The summed E-state index contributed by atoms with van der Waals surface area (Å²) in [5.41, 5.74) is 0. The van der Waals surface area contributed by atoms with Gasteiger partial charge in [-0.3, -0.25) is 4.79 Å². The number of rotatable bonds is 8. The van der Waals surface area contributed by atoms with Crippen LogP contribution in [0.1, 0.15) is 37.8 Å². The maximum absolute atomic E-state index is 12.1. The number of methoxy groups -OCH3 is 1. The summed E-state index contributed by atoms with van der Waals surface area (Å²) in [6.45, 7) is 7.53. The molecule has 1 saturated heterocycles. The van der Waals surface area contributed by atoms with Crippen molar-refractivity contribution in [3.05, 3.63) is 11.6 Å². The number of guanidine groups is 1. The van der Waals surface area contributed by atoms with E-state index in [9.17, 15) is 4.79 Å². The highest BCUT2D eigenvalue weighted by Crippen LogP contribution is 2.18. The average molecular weight is 508 g/mol. The van der Waals surface area contributed by atoms with E-state index >= 15 is 0 Å². The van der Waals surface area contributed by atoms with Crippen LogP contribution in [0.4, 0.5) is 0 Å². The largest absolute Gasteiger partial charge is 0.466 e. The summed E-state index contributed by atoms with van der Waals surface area (Å²) in [7, 11) is 3.63. The van der Waals surface area contributed by atoms with Gasteiger partial charge >= 0.3 is 5.97 Å². The van der Waals surface area contributed by atoms with Crippen LogP contribution in [0, 0.1) is 12.8 Å². The zero-order valence-corrected chi connectivity index (χ0v) is 19.6. The molecule has 2 rings (SSSR count). The van der Waals surface area contributed by atoms with E-state index in [0.29, 0.717) is 26.3 Å². The normalized spacial score (nSPS) is 17.2. The monoisotopic (exact) mass is 508 g/mol. The molecule has 0 radical (unpaired) electrons. The molecule has 0 saturated carbocycles. The van der Waals surface area contributed by atoms with Crippen molar-refractivity contribution in [2.45, 2.75) is 39.7 Å². The summed E-state index contributed by atoms with van der Waals surface area (Å²) < 4.78 is 12.3. The Labute approximate surface area is 184 Å². The number of carbonyl (C=O) groups is 1. The van der Waals surface area contributed by atoms with Crippen molar-refractivity contribution in [3.8, 4) is 0 Å². The molecule has 160 valence electrons. The Morgan fingerprint density at radius 2 is 2.18 bits per heavy atom. The zero-order chi connectivity index (χ0) is 19.6. The Morgan fingerprint density at radius 1 is 1.39 bits per heavy atom. The van der Waals surface area contributed by atoms with Gasteiger partial charge in [-0.2, -0.15) is 0 Å². The van der Waals surface area contributed by atoms with Crippen LogP contribution in [0.25, 0.3) is 0 Å². The molecule has 28 heavy (non-hydrogen) atoms. The van der Waals surface area contributed by atoms with Crippen LogP contribution in [0.2, 0.25) is 0 Å². The molecule has 10 heteroatoms. The van der Waals surface area contributed by atoms with E-state index < -0.39 is 0 Å². The lowest BCUT2D eigenvalue weighted by molar-refractivity contribution is -0.149. The van der Waals surface area contributed by atoms with E-state index in [1.54, 1.807) is 7.11 Å². The molecule has 1 fully saturated rings. The van der Waals surface area contributed by atoms with Crippen LogP contribution < -0.4 is 5.32 Å². The molecule has 2 heterocycles. The predicted octanol–water partition coefficient (Wildman–Crippen LogP) is 1.50. The van der Waals surface area contributed by atoms with E-state index in [1.165, 1.54) is 0 Å². The van der Waals surface area contributed by atoms with Gasteiger partial charge in [-0.15, -0.1) is 34.2 Å². The lowest BCUT2D eigenvalue weighted by Gasteiger charge is -2.34. The molecular formula is C18H33IN6O3. The van der Waals surface area contributed by atoms with Crippen molar-refractivity contribution in [2.24, 2.45) is 18.0 Å². The fourth-order valence-corrected chi connectivity index (χ4v) is 3.04. The van der Waals surface area contributed by atoms with Crippen LogP contribution in [0.5, 0.6) is 0 Å². The second-order valence-corrected chi connectivity index (χ2v) is 6.67. The summed E-state index contributed by atoms with van der Waals surface area (Å²) in [5, 5.41) is 11.7. The molecule has 0 aromatic carbocycles. The van der Waals surface area contributed by atoms with E-state index in [-0.39, 0.29) is 35.9 Å². The molecule has 1 aliphatic heterocycles. The van der Waals surface area contributed by atoms with Crippen LogP contribution in [0.3, 0.4) is 0 Å². The predicted molar refractivity (Wildman–Crippen MR) is 118 cm³/mol. The van der Waals surface area contributed by atoms with Crippen LogP contribution in [-0.4, -0.2) is 71.6 Å². The van der Waals surface area contributed by atoms with Gasteiger partial charge in [0.15, 0.2) is 11.8 Å². The highest BCUT2D eigenvalue weighted by molar-refractivity contribution is 14.0. The van der Waals surface area contributed by atoms with Gasteiger partial charge < -0.3 is 24.3 Å². The van der Waals surface area contributed by atoms with Crippen LogP contribution in [0.15, 0.2) is 4.99 Å². The smallest absolute Gasteiger partial charge is 0.310 e. The number of hydrogen-bond donors (Lipinski definition) is 1. The maximum atomic E-state index is 12.1. The highest BCUT2D eigenvalue weighted by atomic mass is 127. The number of nitrogens with one attached hydrogen (secondary N) is 1. The van der Waals surface area contributed by atoms with Gasteiger partial charge in [-0.05, 0) is 33.1 Å². The number of aryl methyl sites for hydroxylation is 1. The Kier molecular flexibility index (Phi) is 11.4. The molecule has 1 N–H and O–H groups in total. The third-order valence-electron chi connectivity index (χ3n) is 4.70. The summed E-state index contributed by atoms with van der Waals surface area (Å²) in [6.07, 6.45) is 2.67. The number of likely N-dealkylation sites (tertiary alicyclic amines) is 1. The zero-order valence-electron chi connectivity index (χ0n) is 17.3. The molecule has 1 aromatic rings. The van der Waals surface area contributed by atoms with Crippen molar-refractivity contribution in [2.75, 3.05) is 40.0 Å². The summed E-state index contributed by atoms with van der Waals surface area (Å²) in [4.78, 5) is 19.0. The first-order valence-electron chi connectivity index (χ1n) is 9.60. The number of ether oxygens (including phenoxy) is 2. The minimum absolute atomic E-state index is 0. The average Bonchev–Trinajstić information content (AvgIpc) is 3.00. The van der Waals surface area contributed by atoms with Crippen molar-refractivity contribution in [3.63, 3.8) is 0 Å². The van der Waals surface area contributed by atoms with Crippen molar-refractivity contribution in [1.82, 2.24) is 25.0 Å². The molecule has 1 unspecified atom stereocenters. The van der Waals surface area contributed by atoms with E-state index in [4.69, 9.17) is 14.5 Å². The number of halogens is 1. The van der Waals surface area contributed by atoms with Crippen molar-refractivity contribution >= 4 is 35.9 Å². The number of esters is 1. The molecule has 0 aliphatic carbocycles. The summed E-state index contributed by atoms with van der Waals surface area (Å²) >= 11 is 0. The molecule has 0 amide bonds. The SMILES string of the molecule is CCOC(=O)C1CCCN(C(=NCc2nnc(C)n2C)NCCCOC)C1.I. The van der Waals surface area contributed by atoms with Gasteiger partial charge in [-0.25, -0.2) is 4.99 Å². The summed E-state index contributed by atoms with van der Waals surface area (Å²) in [5.74, 6) is 2.23. The van der Waals surface area contributed by atoms with Crippen molar-refractivity contribution < 1.29 is 14.3 Å². The molecule has 1 atom stereocenters. The molecule has 0 spiro atoms. The fraction of sp³-hybridized carbons (Fsp3) is 0.778. The quantitative estimate of drug-likeness (QED) is 0.187. The number of aromatic nitrogens is 3. The van der Waals surface area contributed by atoms with Crippen LogP contribution in [-0.2, 0) is 27.9 Å². The standard InChI is InChI=1S/C18H32N6O3.HI/c1-5-27-17(25)15-8-6-10-24(13-15)18(19-9-7-11-26-4)20-12-16-22-21-14(2)23(16)3;/h15H,5-13H2,1-4H3,(H,19,20);1H. The van der Waals surface area contributed by atoms with Crippen LogP contribution >= 0.6 is 24.0 Å². The van der Waals surface area contributed by atoms with Gasteiger partial charge in [-0.1, -0.05) is 0 Å². The van der Waals surface area contributed by atoms with Gasteiger partial charge in [0, 0.05) is 40.4 Å². The minimum Gasteiger partial charge on any atom is -0.466 e. The Bertz CT molecular complexity index is 637. The number of aliphatic imine (C=N–C) groups is 1. The minimum atomic E-state index is -0.121. The van der Waals surface area contributed by atoms with Gasteiger partial charge in [0.2, 0.25) is 0 Å². The lowest BCUT2D eigenvalue weighted by Crippen LogP contribution is -2.48. The molecular weight excluding hydrogens is 475 g/mol. The fourth-order valence-electron chi connectivity index (χ4n) is 3.04. The van der Waals surface area contributed by atoms with Gasteiger partial charge in [0.1, 0.15) is 12.4 Å². The molecule has 0 bridgehead atoms. The Hall–Kier alpha value is -1.43. The molecule has 1 aromatic heterocycles. The number of carbonyl (C=O) groups excluding carboxylic acids is 1. The third kappa shape index (κ3) is 7.19. The van der Waals surface area contributed by atoms with Crippen molar-refractivity contribution in [1.29, 1.82) is 0 Å². The third-order valence-corrected chi connectivity index (χ3v) is 4.70. The Morgan fingerprint density at radius 3 is 2.82 bits per heavy atom.